The van der Waals surface area contributed by atoms with Crippen LogP contribution in [0.1, 0.15) is 31.2 Å². The van der Waals surface area contributed by atoms with Crippen LogP contribution in [0.15, 0.2) is 18.2 Å². The maximum Gasteiger partial charge on any atom is 0.101 e. The third-order valence-corrected chi connectivity index (χ3v) is 4.01. The van der Waals surface area contributed by atoms with Crippen molar-refractivity contribution in [2.75, 3.05) is 18.0 Å². The van der Waals surface area contributed by atoms with Gasteiger partial charge in [-0.05, 0) is 55.7 Å². The molecule has 94 valence electrons. The predicted molar refractivity (Wildman–Crippen MR) is 73.8 cm³/mol. The highest BCUT2D eigenvalue weighted by molar-refractivity contribution is 6.30. The van der Waals surface area contributed by atoms with E-state index in [2.05, 4.69) is 11.0 Å². The molecule has 0 heterocycles. The summed E-state index contributed by atoms with van der Waals surface area (Å²) in [5.74, 6) is 1.68. The van der Waals surface area contributed by atoms with E-state index in [-0.39, 0.29) is 0 Å². The fourth-order valence-electron chi connectivity index (χ4n) is 2.37. The van der Waals surface area contributed by atoms with Crippen molar-refractivity contribution in [1.82, 2.24) is 0 Å². The van der Waals surface area contributed by atoms with Gasteiger partial charge in [0.25, 0.3) is 0 Å². The summed E-state index contributed by atoms with van der Waals surface area (Å²) < 4.78 is 0. The van der Waals surface area contributed by atoms with Gasteiger partial charge < -0.3 is 4.90 Å². The summed E-state index contributed by atoms with van der Waals surface area (Å²) in [5.41, 5.74) is 1.78. The number of benzene rings is 1. The van der Waals surface area contributed by atoms with E-state index in [9.17, 15) is 5.26 Å². The molecule has 2 aliphatic rings. The standard InChI is InChI=1S/C15H17ClN2/c16-14-5-6-15(13(7-14)8-17)18(9-11-1-2-11)10-12-3-4-12/h5-7,11-12H,1-4,9-10H2. The highest BCUT2D eigenvalue weighted by Gasteiger charge is 2.30. The van der Waals surface area contributed by atoms with E-state index >= 15 is 0 Å². The number of halogens is 1. The van der Waals surface area contributed by atoms with Crippen LogP contribution in [-0.4, -0.2) is 13.1 Å². The lowest BCUT2D eigenvalue weighted by Crippen LogP contribution is -2.28. The molecule has 0 spiro atoms. The number of anilines is 1. The number of hydrogen-bond acceptors (Lipinski definition) is 2. The lowest BCUT2D eigenvalue weighted by Gasteiger charge is -2.26. The third kappa shape index (κ3) is 2.79. The molecule has 0 radical (unpaired) electrons. The van der Waals surface area contributed by atoms with Crippen molar-refractivity contribution >= 4 is 17.3 Å². The van der Waals surface area contributed by atoms with Gasteiger partial charge in [-0.1, -0.05) is 11.6 Å². The molecule has 3 heteroatoms. The van der Waals surface area contributed by atoms with Crippen molar-refractivity contribution in [1.29, 1.82) is 5.26 Å². The summed E-state index contributed by atoms with van der Waals surface area (Å²) in [7, 11) is 0. The monoisotopic (exact) mass is 260 g/mol. The highest BCUT2D eigenvalue weighted by Crippen LogP contribution is 2.37. The van der Waals surface area contributed by atoms with Crippen molar-refractivity contribution < 1.29 is 0 Å². The van der Waals surface area contributed by atoms with Gasteiger partial charge in [-0.2, -0.15) is 5.26 Å². The van der Waals surface area contributed by atoms with Gasteiger partial charge in [0.1, 0.15) is 6.07 Å². The van der Waals surface area contributed by atoms with Crippen LogP contribution in [0.25, 0.3) is 0 Å². The Morgan fingerprint density at radius 2 is 1.78 bits per heavy atom. The smallest absolute Gasteiger partial charge is 0.101 e. The van der Waals surface area contributed by atoms with E-state index in [1.165, 1.54) is 25.7 Å². The van der Waals surface area contributed by atoms with Crippen LogP contribution in [0.4, 0.5) is 5.69 Å². The Balaban J connectivity index is 1.84. The summed E-state index contributed by atoms with van der Waals surface area (Å²) >= 11 is 5.97. The van der Waals surface area contributed by atoms with Crippen molar-refractivity contribution in [3.63, 3.8) is 0 Å². The molecular weight excluding hydrogens is 244 g/mol. The first-order valence-electron chi connectivity index (χ1n) is 6.71. The Morgan fingerprint density at radius 3 is 2.28 bits per heavy atom. The maximum absolute atomic E-state index is 9.26. The van der Waals surface area contributed by atoms with Crippen LogP contribution in [0, 0.1) is 23.2 Å². The summed E-state index contributed by atoms with van der Waals surface area (Å²) in [5, 5.41) is 9.90. The first-order chi connectivity index (χ1) is 8.76. The minimum Gasteiger partial charge on any atom is -0.370 e. The molecule has 0 N–H and O–H groups in total. The molecule has 2 aliphatic carbocycles. The molecule has 0 amide bonds. The molecule has 3 rings (SSSR count). The van der Waals surface area contributed by atoms with E-state index in [4.69, 9.17) is 11.6 Å². The molecule has 2 fully saturated rings. The molecule has 18 heavy (non-hydrogen) atoms. The number of nitrogens with zero attached hydrogens (tertiary/aromatic N) is 2. The molecule has 1 aromatic carbocycles. The zero-order chi connectivity index (χ0) is 12.5. The predicted octanol–water partition coefficient (Wildman–Crippen LogP) is 3.84. The Morgan fingerprint density at radius 1 is 1.17 bits per heavy atom. The second kappa shape index (κ2) is 4.82. The largest absolute Gasteiger partial charge is 0.370 e. The molecule has 0 unspecified atom stereocenters. The fraction of sp³-hybridized carbons (Fsp3) is 0.533. The fourth-order valence-corrected chi connectivity index (χ4v) is 2.54. The summed E-state index contributed by atoms with van der Waals surface area (Å²) in [4.78, 5) is 2.41. The first-order valence-corrected chi connectivity index (χ1v) is 7.08. The first kappa shape index (κ1) is 11.9. The Hall–Kier alpha value is -1.20. The van der Waals surface area contributed by atoms with E-state index in [0.29, 0.717) is 10.6 Å². The van der Waals surface area contributed by atoms with Gasteiger partial charge in [0, 0.05) is 18.1 Å². The number of hydrogen-bond donors (Lipinski definition) is 0. The van der Waals surface area contributed by atoms with Gasteiger partial charge >= 0.3 is 0 Å². The lowest BCUT2D eigenvalue weighted by atomic mass is 10.1. The average Bonchev–Trinajstić information content (AvgIpc) is 3.23. The van der Waals surface area contributed by atoms with E-state index < -0.39 is 0 Å². The summed E-state index contributed by atoms with van der Waals surface area (Å²) in [6.07, 6.45) is 5.38. The number of nitriles is 1. The van der Waals surface area contributed by atoms with Crippen LogP contribution in [0.5, 0.6) is 0 Å². The summed E-state index contributed by atoms with van der Waals surface area (Å²) in [6, 6.07) is 7.96. The SMILES string of the molecule is N#Cc1cc(Cl)ccc1N(CC1CC1)CC1CC1. The molecule has 0 saturated heterocycles. The number of rotatable bonds is 5. The van der Waals surface area contributed by atoms with E-state index in [1.807, 2.05) is 12.1 Å². The highest BCUT2D eigenvalue weighted by atomic mass is 35.5. The zero-order valence-electron chi connectivity index (χ0n) is 10.4. The minimum absolute atomic E-state index is 0.646. The topological polar surface area (TPSA) is 27.0 Å². The van der Waals surface area contributed by atoms with Gasteiger partial charge in [-0.25, -0.2) is 0 Å². The molecule has 1 aromatic rings. The zero-order valence-corrected chi connectivity index (χ0v) is 11.2. The molecule has 2 saturated carbocycles. The van der Waals surface area contributed by atoms with Crippen molar-refractivity contribution in [3.05, 3.63) is 28.8 Å². The van der Waals surface area contributed by atoms with Crippen LogP contribution in [0.2, 0.25) is 5.02 Å². The molecular formula is C15H17ClN2. The van der Waals surface area contributed by atoms with Crippen molar-refractivity contribution in [2.24, 2.45) is 11.8 Å². The van der Waals surface area contributed by atoms with Crippen molar-refractivity contribution in [3.8, 4) is 6.07 Å². The Kier molecular flexibility index (Phi) is 3.18. The summed E-state index contributed by atoms with van der Waals surface area (Å²) in [6.45, 7) is 2.21. The molecule has 2 nitrogen and oxygen atoms in total. The normalized spacial score (nSPS) is 18.4. The minimum atomic E-state index is 0.646. The van der Waals surface area contributed by atoms with E-state index in [0.717, 1.165) is 30.6 Å². The van der Waals surface area contributed by atoms with Gasteiger partial charge in [0.05, 0.1) is 11.3 Å². The van der Waals surface area contributed by atoms with Gasteiger partial charge in [0.15, 0.2) is 0 Å². The molecule has 0 aromatic heterocycles. The van der Waals surface area contributed by atoms with Gasteiger partial charge in [0.2, 0.25) is 0 Å². The average molecular weight is 261 g/mol. The second-order valence-electron chi connectivity index (χ2n) is 5.57. The quantitative estimate of drug-likeness (QED) is 0.804. The third-order valence-electron chi connectivity index (χ3n) is 3.77. The maximum atomic E-state index is 9.26. The van der Waals surface area contributed by atoms with Crippen molar-refractivity contribution in [2.45, 2.75) is 25.7 Å². The Labute approximate surface area is 113 Å². The second-order valence-corrected chi connectivity index (χ2v) is 6.00. The van der Waals surface area contributed by atoms with Gasteiger partial charge in [-0.3, -0.25) is 0 Å². The molecule has 0 bridgehead atoms. The van der Waals surface area contributed by atoms with Crippen LogP contribution in [0.3, 0.4) is 0 Å². The van der Waals surface area contributed by atoms with E-state index in [1.54, 1.807) is 6.07 Å². The Bertz CT molecular complexity index is 470. The van der Waals surface area contributed by atoms with Crippen LogP contribution < -0.4 is 4.90 Å². The van der Waals surface area contributed by atoms with Crippen LogP contribution >= 0.6 is 11.6 Å². The molecule has 0 aliphatic heterocycles. The lowest BCUT2D eigenvalue weighted by molar-refractivity contribution is 0.679. The molecule has 0 atom stereocenters. The van der Waals surface area contributed by atoms with Crippen LogP contribution in [-0.2, 0) is 0 Å². The van der Waals surface area contributed by atoms with Gasteiger partial charge in [-0.15, -0.1) is 0 Å².